The van der Waals surface area contributed by atoms with Gasteiger partial charge in [-0.25, -0.2) is 0 Å². The van der Waals surface area contributed by atoms with Crippen LogP contribution in [0.1, 0.15) is 42.6 Å². The highest BCUT2D eigenvalue weighted by Crippen LogP contribution is 2.59. The van der Waals surface area contributed by atoms with Crippen molar-refractivity contribution in [3.05, 3.63) is 30.0 Å². The van der Waals surface area contributed by atoms with Crippen molar-refractivity contribution >= 4 is 28.6 Å². The van der Waals surface area contributed by atoms with E-state index in [0.29, 0.717) is 36.6 Å². The van der Waals surface area contributed by atoms with Crippen LogP contribution in [0.15, 0.2) is 24.3 Å². The number of aliphatic hydroxyl groups is 1. The molecule has 36 heavy (non-hydrogen) atoms. The van der Waals surface area contributed by atoms with E-state index in [9.17, 15) is 24.8 Å². The van der Waals surface area contributed by atoms with Crippen molar-refractivity contribution in [1.82, 2.24) is 20.9 Å². The van der Waals surface area contributed by atoms with Crippen LogP contribution in [-0.4, -0.2) is 52.7 Å². The lowest BCUT2D eigenvalue weighted by molar-refractivity contribution is -0.129. The molecule has 2 aromatic rings. The first-order valence-electron chi connectivity index (χ1n) is 12.5. The van der Waals surface area contributed by atoms with Crippen molar-refractivity contribution in [2.45, 2.75) is 49.9 Å². The van der Waals surface area contributed by atoms with E-state index in [1.54, 1.807) is 13.2 Å². The highest BCUT2D eigenvalue weighted by molar-refractivity contribution is 6.01. The van der Waals surface area contributed by atoms with Crippen molar-refractivity contribution in [2.75, 3.05) is 7.11 Å². The molecule has 1 aliphatic heterocycles. The number of ether oxygens (including phenoxy) is 1. The summed E-state index contributed by atoms with van der Waals surface area (Å²) in [6, 6.07) is 8.68. The van der Waals surface area contributed by atoms with Gasteiger partial charge in [0.05, 0.1) is 19.1 Å². The third kappa shape index (κ3) is 3.53. The number of nitrogens with zero attached hydrogens (tertiary/aromatic N) is 1. The lowest BCUT2D eigenvalue weighted by Crippen LogP contribution is -2.59. The Morgan fingerprint density at radius 2 is 2.17 bits per heavy atom. The summed E-state index contributed by atoms with van der Waals surface area (Å²) in [7, 11) is 1.57. The standard InChI is InChI=1S/C26H29N5O5/c1-36-19-4-2-3-16-14(19)9-18(28-16)22(32)29-17(7-12-5-6-12)23(33)31-26(11-27)10-13-8-15(26)21-20(13)24(34)30-25(21)35/h2-4,9,12-13,15,17,20-21,24,28,34H,5-8,10H2,1H3,(H,29,32)(H,30,35)(H,31,33)/t13-,15-,17-,20-,21+,24?,26+/m0/s1. The number of carbonyl (C=O) groups excluding carboxylic acids is 3. The molecule has 5 N–H and O–H groups in total. The summed E-state index contributed by atoms with van der Waals surface area (Å²) >= 11 is 0. The van der Waals surface area contributed by atoms with Gasteiger partial charge >= 0.3 is 0 Å². The average Bonchev–Trinajstić information content (AvgIpc) is 3.19. The average molecular weight is 492 g/mol. The molecule has 6 rings (SSSR count). The third-order valence-corrected chi connectivity index (χ3v) is 8.65. The second-order valence-corrected chi connectivity index (χ2v) is 10.7. The molecule has 1 aromatic heterocycles. The molecule has 2 bridgehead atoms. The number of H-pyrrole nitrogens is 1. The number of hydrogen-bond acceptors (Lipinski definition) is 6. The summed E-state index contributed by atoms with van der Waals surface area (Å²) in [5.74, 6) is -1.18. The number of carbonyl (C=O) groups is 3. The Morgan fingerprint density at radius 1 is 1.36 bits per heavy atom. The number of methoxy groups -OCH3 is 1. The van der Waals surface area contributed by atoms with Crippen LogP contribution in [-0.2, 0) is 9.59 Å². The van der Waals surface area contributed by atoms with Crippen LogP contribution in [0.25, 0.3) is 10.9 Å². The number of aliphatic hydroxyl groups excluding tert-OH is 1. The van der Waals surface area contributed by atoms with Crippen LogP contribution in [0.4, 0.5) is 0 Å². The Bertz CT molecular complexity index is 1300. The van der Waals surface area contributed by atoms with Gasteiger partial charge in [0.25, 0.3) is 5.91 Å². The fraction of sp³-hybridized carbons (Fsp3) is 0.538. The van der Waals surface area contributed by atoms with Gasteiger partial charge in [-0.1, -0.05) is 18.9 Å². The SMILES string of the molecule is COc1cccc2[nH]c(C(=O)N[C@@H](CC3CC3)C(=O)N[C@@]3(C#N)C[C@@H]4C[C@H]3[C@H]3C(=O)NC(O)[C@@H]43)cc12. The monoisotopic (exact) mass is 491 g/mol. The van der Waals surface area contributed by atoms with E-state index < -0.39 is 35.5 Å². The van der Waals surface area contributed by atoms with Crippen molar-refractivity contribution < 1.29 is 24.2 Å². The molecule has 3 saturated carbocycles. The normalized spacial score (nSPS) is 33.0. The summed E-state index contributed by atoms with van der Waals surface area (Å²) in [6.45, 7) is 0. The summed E-state index contributed by atoms with van der Waals surface area (Å²) < 4.78 is 5.38. The molecule has 7 atom stereocenters. The predicted molar refractivity (Wildman–Crippen MR) is 127 cm³/mol. The molecule has 10 heteroatoms. The van der Waals surface area contributed by atoms with Crippen LogP contribution in [0.3, 0.4) is 0 Å². The molecule has 0 spiro atoms. The quantitative estimate of drug-likeness (QED) is 0.391. The minimum absolute atomic E-state index is 0.0216. The van der Waals surface area contributed by atoms with E-state index in [1.807, 2.05) is 18.2 Å². The predicted octanol–water partition coefficient (Wildman–Crippen LogP) is 1.17. The number of hydrogen-bond donors (Lipinski definition) is 5. The molecule has 10 nitrogen and oxygen atoms in total. The highest BCUT2D eigenvalue weighted by atomic mass is 16.5. The minimum atomic E-state index is -1.19. The molecule has 188 valence electrons. The highest BCUT2D eigenvalue weighted by Gasteiger charge is 2.67. The molecule has 4 aliphatic rings. The first kappa shape index (κ1) is 22.9. The van der Waals surface area contributed by atoms with Crippen molar-refractivity contribution in [2.24, 2.45) is 29.6 Å². The summed E-state index contributed by atoms with van der Waals surface area (Å²) in [5.41, 5.74) is -0.122. The van der Waals surface area contributed by atoms with Gasteiger partial charge in [0.2, 0.25) is 11.8 Å². The van der Waals surface area contributed by atoms with Crippen molar-refractivity contribution in [3.63, 3.8) is 0 Å². The number of rotatable bonds is 7. The van der Waals surface area contributed by atoms with Gasteiger partial charge in [0.15, 0.2) is 0 Å². The van der Waals surface area contributed by atoms with Crippen LogP contribution in [0.5, 0.6) is 5.75 Å². The van der Waals surface area contributed by atoms with E-state index in [0.717, 1.165) is 23.7 Å². The van der Waals surface area contributed by atoms with E-state index >= 15 is 0 Å². The Hall–Kier alpha value is -3.58. The van der Waals surface area contributed by atoms with E-state index in [-0.39, 0.29) is 23.7 Å². The lowest BCUT2D eigenvalue weighted by atomic mass is 9.70. The number of nitrogens with one attached hydrogen (secondary N) is 4. The summed E-state index contributed by atoms with van der Waals surface area (Å²) in [4.78, 5) is 42.3. The van der Waals surface area contributed by atoms with Crippen molar-refractivity contribution in [1.29, 1.82) is 5.26 Å². The van der Waals surface area contributed by atoms with Crippen LogP contribution in [0.2, 0.25) is 0 Å². The van der Waals surface area contributed by atoms with Gasteiger partial charge in [-0.2, -0.15) is 5.26 Å². The zero-order chi connectivity index (χ0) is 25.2. The van der Waals surface area contributed by atoms with Crippen molar-refractivity contribution in [3.8, 4) is 11.8 Å². The molecule has 0 radical (unpaired) electrons. The second kappa shape index (κ2) is 8.23. The summed E-state index contributed by atoms with van der Waals surface area (Å²) in [5, 5.41) is 29.6. The Kier molecular flexibility index (Phi) is 5.23. The zero-order valence-corrected chi connectivity index (χ0v) is 19.9. The molecule has 4 fully saturated rings. The third-order valence-electron chi connectivity index (χ3n) is 8.65. The largest absolute Gasteiger partial charge is 0.496 e. The maximum Gasteiger partial charge on any atom is 0.268 e. The van der Waals surface area contributed by atoms with E-state index in [2.05, 4.69) is 27.0 Å². The maximum absolute atomic E-state index is 13.5. The van der Waals surface area contributed by atoms with Crippen LogP contribution < -0.4 is 20.7 Å². The van der Waals surface area contributed by atoms with Gasteiger partial charge < -0.3 is 30.8 Å². The fourth-order valence-corrected chi connectivity index (χ4v) is 6.82. The van der Waals surface area contributed by atoms with Crippen LogP contribution in [0, 0.1) is 40.9 Å². The number of fused-ring (bicyclic) bond motifs is 6. The number of benzene rings is 1. The number of aromatic amines is 1. The second-order valence-electron chi connectivity index (χ2n) is 10.7. The minimum Gasteiger partial charge on any atom is -0.496 e. The molecule has 3 amide bonds. The Balaban J connectivity index is 1.21. The van der Waals surface area contributed by atoms with E-state index in [4.69, 9.17) is 4.74 Å². The first-order chi connectivity index (χ1) is 17.3. The summed E-state index contributed by atoms with van der Waals surface area (Å²) in [6.07, 6.45) is 2.59. The van der Waals surface area contributed by atoms with Gasteiger partial charge in [0.1, 0.15) is 29.3 Å². The van der Waals surface area contributed by atoms with Gasteiger partial charge in [0, 0.05) is 22.7 Å². The number of aromatic nitrogens is 1. The lowest BCUT2D eigenvalue weighted by Gasteiger charge is -2.38. The number of amides is 3. The van der Waals surface area contributed by atoms with Gasteiger partial charge in [-0.3, -0.25) is 14.4 Å². The first-order valence-corrected chi connectivity index (χ1v) is 12.5. The fourth-order valence-electron chi connectivity index (χ4n) is 6.82. The van der Waals surface area contributed by atoms with Crippen LogP contribution >= 0.6 is 0 Å². The van der Waals surface area contributed by atoms with Gasteiger partial charge in [-0.05, 0) is 49.3 Å². The van der Waals surface area contributed by atoms with E-state index in [1.165, 1.54) is 0 Å². The zero-order valence-electron chi connectivity index (χ0n) is 19.9. The molecule has 1 saturated heterocycles. The molecular weight excluding hydrogens is 462 g/mol. The molecule has 1 unspecified atom stereocenters. The molecule has 2 heterocycles. The topological polar surface area (TPSA) is 156 Å². The van der Waals surface area contributed by atoms with Gasteiger partial charge in [-0.15, -0.1) is 0 Å². The molecule has 3 aliphatic carbocycles. The maximum atomic E-state index is 13.5. The molecular formula is C26H29N5O5. The Labute approximate surface area is 207 Å². The molecule has 1 aromatic carbocycles. The number of nitriles is 1. The smallest absolute Gasteiger partial charge is 0.268 e. The Morgan fingerprint density at radius 3 is 2.89 bits per heavy atom.